The summed E-state index contributed by atoms with van der Waals surface area (Å²) in [4.78, 5) is 10.7. The number of para-hydroxylation sites is 1. The van der Waals surface area contributed by atoms with Gasteiger partial charge in [0, 0.05) is 17.5 Å². The van der Waals surface area contributed by atoms with Gasteiger partial charge in [-0.1, -0.05) is 12.1 Å². The van der Waals surface area contributed by atoms with Crippen LogP contribution in [0.5, 0.6) is 5.75 Å². The molecule has 0 radical (unpaired) electrons. The van der Waals surface area contributed by atoms with Gasteiger partial charge in [-0.05, 0) is 18.9 Å². The standard InChI is InChI=1S/C11H14N2O3/c1-16-9-4-2-3-8(10(9)13(14)15)11(7-12)5-6-11/h2-4H,5-7,12H2,1H3. The molecule has 16 heavy (non-hydrogen) atoms. The van der Waals surface area contributed by atoms with Crippen LogP contribution in [0.3, 0.4) is 0 Å². The Kier molecular flexibility index (Phi) is 2.55. The van der Waals surface area contributed by atoms with Crippen molar-refractivity contribution in [2.24, 2.45) is 5.73 Å². The molecule has 5 heteroatoms. The van der Waals surface area contributed by atoms with E-state index in [-0.39, 0.29) is 16.0 Å². The lowest BCUT2D eigenvalue weighted by Gasteiger charge is -2.14. The third-order valence-corrected chi connectivity index (χ3v) is 3.22. The van der Waals surface area contributed by atoms with Gasteiger partial charge in [-0.25, -0.2) is 0 Å². The average molecular weight is 222 g/mol. The van der Waals surface area contributed by atoms with Crippen molar-refractivity contribution in [1.29, 1.82) is 0 Å². The molecular formula is C11H14N2O3. The minimum absolute atomic E-state index is 0.0629. The highest BCUT2D eigenvalue weighted by molar-refractivity contribution is 5.57. The SMILES string of the molecule is COc1cccc(C2(CN)CC2)c1[N+](=O)[O-]. The lowest BCUT2D eigenvalue weighted by Crippen LogP contribution is -2.21. The number of hydrogen-bond acceptors (Lipinski definition) is 4. The van der Waals surface area contributed by atoms with Crippen molar-refractivity contribution in [1.82, 2.24) is 0 Å². The van der Waals surface area contributed by atoms with Gasteiger partial charge >= 0.3 is 5.69 Å². The summed E-state index contributed by atoms with van der Waals surface area (Å²) < 4.78 is 5.03. The number of nitro groups is 1. The van der Waals surface area contributed by atoms with E-state index >= 15 is 0 Å². The van der Waals surface area contributed by atoms with E-state index in [1.807, 2.05) is 0 Å². The van der Waals surface area contributed by atoms with Gasteiger partial charge in [0.05, 0.1) is 12.0 Å². The Morgan fingerprint density at radius 3 is 2.69 bits per heavy atom. The molecule has 0 unspecified atom stereocenters. The molecule has 0 aromatic heterocycles. The minimum Gasteiger partial charge on any atom is -0.490 e. The summed E-state index contributed by atoms with van der Waals surface area (Å²) in [6.45, 7) is 0.445. The molecule has 5 nitrogen and oxygen atoms in total. The van der Waals surface area contributed by atoms with Gasteiger partial charge in [-0.2, -0.15) is 0 Å². The number of nitrogens with zero attached hydrogens (tertiary/aromatic N) is 1. The van der Waals surface area contributed by atoms with Crippen molar-refractivity contribution in [3.63, 3.8) is 0 Å². The highest BCUT2D eigenvalue weighted by Crippen LogP contribution is 2.52. The predicted molar refractivity (Wildman–Crippen MR) is 59.6 cm³/mol. The molecule has 0 saturated heterocycles. The zero-order chi connectivity index (χ0) is 11.8. The maximum atomic E-state index is 11.1. The molecule has 0 amide bonds. The normalized spacial score (nSPS) is 16.9. The molecule has 0 atom stereocenters. The second-order valence-electron chi connectivity index (χ2n) is 4.10. The molecular weight excluding hydrogens is 208 g/mol. The lowest BCUT2D eigenvalue weighted by molar-refractivity contribution is -0.386. The van der Waals surface area contributed by atoms with Crippen LogP contribution in [0.2, 0.25) is 0 Å². The third-order valence-electron chi connectivity index (χ3n) is 3.22. The number of hydrogen-bond donors (Lipinski definition) is 1. The Labute approximate surface area is 93.4 Å². The maximum absolute atomic E-state index is 11.1. The molecule has 0 bridgehead atoms. The number of benzene rings is 1. The largest absolute Gasteiger partial charge is 0.490 e. The molecule has 2 N–H and O–H groups in total. The summed E-state index contributed by atoms with van der Waals surface area (Å²) in [5.74, 6) is 0.308. The highest BCUT2D eigenvalue weighted by Gasteiger charge is 2.47. The van der Waals surface area contributed by atoms with Crippen molar-refractivity contribution < 1.29 is 9.66 Å². The summed E-state index contributed by atoms with van der Waals surface area (Å²) in [5, 5.41) is 11.1. The average Bonchev–Trinajstić information content (AvgIpc) is 3.08. The molecule has 86 valence electrons. The zero-order valence-electron chi connectivity index (χ0n) is 9.10. The van der Waals surface area contributed by atoms with E-state index in [0.717, 1.165) is 12.8 Å². The minimum atomic E-state index is -0.385. The smallest absolute Gasteiger partial charge is 0.314 e. The van der Waals surface area contributed by atoms with E-state index in [9.17, 15) is 10.1 Å². The fourth-order valence-corrected chi connectivity index (χ4v) is 2.04. The summed E-state index contributed by atoms with van der Waals surface area (Å²) in [6, 6.07) is 5.16. The first-order valence-corrected chi connectivity index (χ1v) is 5.16. The third kappa shape index (κ3) is 1.53. The Balaban J connectivity index is 2.56. The molecule has 1 aliphatic carbocycles. The summed E-state index contributed by atoms with van der Waals surface area (Å²) in [7, 11) is 1.44. The second kappa shape index (κ2) is 3.75. The number of ether oxygens (including phenoxy) is 1. The van der Waals surface area contributed by atoms with Gasteiger partial charge in [0.25, 0.3) is 0 Å². The maximum Gasteiger partial charge on any atom is 0.314 e. The van der Waals surface area contributed by atoms with Gasteiger partial charge in [0.15, 0.2) is 5.75 Å². The van der Waals surface area contributed by atoms with Crippen molar-refractivity contribution in [3.8, 4) is 5.75 Å². The Morgan fingerprint density at radius 1 is 1.56 bits per heavy atom. The number of methoxy groups -OCH3 is 1. The Bertz CT molecular complexity index is 427. The molecule has 1 aromatic rings. The Hall–Kier alpha value is -1.62. The van der Waals surface area contributed by atoms with E-state index in [2.05, 4.69) is 0 Å². The van der Waals surface area contributed by atoms with Crippen LogP contribution in [0.25, 0.3) is 0 Å². The van der Waals surface area contributed by atoms with Crippen LogP contribution >= 0.6 is 0 Å². The molecule has 0 spiro atoms. The fraction of sp³-hybridized carbons (Fsp3) is 0.455. The molecule has 1 saturated carbocycles. The zero-order valence-corrected chi connectivity index (χ0v) is 9.10. The summed E-state index contributed by atoms with van der Waals surface area (Å²) in [5.41, 5.74) is 6.27. The molecule has 1 fully saturated rings. The van der Waals surface area contributed by atoms with Crippen molar-refractivity contribution >= 4 is 5.69 Å². The van der Waals surface area contributed by atoms with Crippen molar-refractivity contribution in [2.75, 3.05) is 13.7 Å². The van der Waals surface area contributed by atoms with Crippen molar-refractivity contribution in [2.45, 2.75) is 18.3 Å². The van der Waals surface area contributed by atoms with Gasteiger partial charge in [-0.15, -0.1) is 0 Å². The van der Waals surface area contributed by atoms with E-state index in [1.165, 1.54) is 7.11 Å². The van der Waals surface area contributed by atoms with E-state index in [0.29, 0.717) is 17.9 Å². The van der Waals surface area contributed by atoms with Crippen LogP contribution in [0.1, 0.15) is 18.4 Å². The van der Waals surface area contributed by atoms with E-state index in [1.54, 1.807) is 18.2 Å². The molecule has 1 aromatic carbocycles. The Morgan fingerprint density at radius 2 is 2.25 bits per heavy atom. The van der Waals surface area contributed by atoms with Crippen LogP contribution in [-0.2, 0) is 5.41 Å². The first kappa shape index (κ1) is 10.9. The molecule has 1 aliphatic rings. The number of nitro benzene ring substituents is 1. The number of nitrogens with two attached hydrogens (primary N) is 1. The highest BCUT2D eigenvalue weighted by atomic mass is 16.6. The van der Waals surface area contributed by atoms with Gasteiger partial charge < -0.3 is 10.5 Å². The first-order valence-electron chi connectivity index (χ1n) is 5.16. The van der Waals surface area contributed by atoms with Gasteiger partial charge in [-0.3, -0.25) is 10.1 Å². The molecule has 0 aliphatic heterocycles. The van der Waals surface area contributed by atoms with Crippen LogP contribution < -0.4 is 10.5 Å². The topological polar surface area (TPSA) is 78.4 Å². The molecule has 2 rings (SSSR count). The monoisotopic (exact) mass is 222 g/mol. The van der Waals surface area contributed by atoms with Gasteiger partial charge in [0.2, 0.25) is 0 Å². The van der Waals surface area contributed by atoms with E-state index in [4.69, 9.17) is 10.5 Å². The number of rotatable bonds is 4. The van der Waals surface area contributed by atoms with Crippen LogP contribution in [0.4, 0.5) is 5.69 Å². The fourth-order valence-electron chi connectivity index (χ4n) is 2.04. The van der Waals surface area contributed by atoms with Gasteiger partial charge in [0.1, 0.15) is 0 Å². The lowest BCUT2D eigenvalue weighted by atomic mass is 9.94. The van der Waals surface area contributed by atoms with Crippen molar-refractivity contribution in [3.05, 3.63) is 33.9 Å². The predicted octanol–water partition coefficient (Wildman–Crippen LogP) is 1.59. The second-order valence-corrected chi connectivity index (χ2v) is 4.10. The van der Waals surface area contributed by atoms with Crippen LogP contribution in [0, 0.1) is 10.1 Å². The van der Waals surface area contributed by atoms with Crippen LogP contribution in [-0.4, -0.2) is 18.6 Å². The molecule has 0 heterocycles. The first-order chi connectivity index (χ1) is 7.64. The van der Waals surface area contributed by atoms with E-state index < -0.39 is 0 Å². The summed E-state index contributed by atoms with van der Waals surface area (Å²) >= 11 is 0. The quantitative estimate of drug-likeness (QED) is 0.619. The van der Waals surface area contributed by atoms with Crippen LogP contribution in [0.15, 0.2) is 18.2 Å². The summed E-state index contributed by atoms with van der Waals surface area (Å²) in [6.07, 6.45) is 1.83.